The fraction of sp³-hybridized carbons (Fsp3) is 0.143. The molecule has 1 aliphatic rings. The van der Waals surface area contributed by atoms with Crippen molar-refractivity contribution in [3.63, 3.8) is 0 Å². The first kappa shape index (κ1) is 20.8. The van der Waals surface area contributed by atoms with Crippen LogP contribution in [0.3, 0.4) is 0 Å². The number of anilines is 1. The number of amides is 1. The van der Waals surface area contributed by atoms with Gasteiger partial charge in [0.25, 0.3) is 0 Å². The van der Waals surface area contributed by atoms with E-state index in [1.165, 1.54) is 11.8 Å². The molecule has 0 fully saturated rings. The molecule has 1 aliphatic heterocycles. The molecule has 1 N–H and O–H groups in total. The van der Waals surface area contributed by atoms with Crippen LogP contribution in [0.25, 0.3) is 11.4 Å². The predicted molar refractivity (Wildman–Crippen MR) is 122 cm³/mol. The Morgan fingerprint density at radius 1 is 1.33 bits per heavy atom. The van der Waals surface area contributed by atoms with Gasteiger partial charge in [0.05, 0.1) is 23.7 Å². The largest absolute Gasteiger partial charge is 0.325 e. The molecule has 1 amide bonds. The van der Waals surface area contributed by atoms with Gasteiger partial charge in [-0.3, -0.25) is 9.59 Å². The van der Waals surface area contributed by atoms with E-state index in [2.05, 4.69) is 37.9 Å². The van der Waals surface area contributed by atoms with E-state index in [1.807, 2.05) is 24.3 Å². The van der Waals surface area contributed by atoms with Gasteiger partial charge < -0.3 is 5.32 Å². The first-order valence-electron chi connectivity index (χ1n) is 9.04. The normalized spacial score (nSPS) is 12.5. The Kier molecular flexibility index (Phi) is 6.08. The van der Waals surface area contributed by atoms with Gasteiger partial charge in [0.1, 0.15) is 0 Å². The first-order chi connectivity index (χ1) is 14.4. The maximum absolute atomic E-state index is 12.8. The Morgan fingerprint density at radius 2 is 2.10 bits per heavy atom. The molecule has 0 saturated heterocycles. The van der Waals surface area contributed by atoms with E-state index in [4.69, 9.17) is 11.6 Å². The minimum absolute atomic E-state index is 0.0996. The van der Waals surface area contributed by atoms with Crippen molar-refractivity contribution in [3.8, 4) is 11.4 Å². The molecule has 30 heavy (non-hydrogen) atoms. The number of Topliss-reactive ketones (excluding diaryl/α,β-unsaturated/α-hetero) is 1. The quantitative estimate of drug-likeness (QED) is 0.278. The number of fused-ring (bicyclic) bond motifs is 1. The topological polar surface area (TPSA) is 76.9 Å². The number of hydrogen-bond donors (Lipinski definition) is 1. The number of carbonyl (C=O) groups excluding carboxylic acids is 2. The van der Waals surface area contributed by atoms with Gasteiger partial charge in [-0.15, -0.1) is 11.7 Å². The molecule has 0 saturated carbocycles. The number of hydrogen-bond acceptors (Lipinski definition) is 5. The number of nitrogens with one attached hydrogen (secondary N) is 1. The van der Waals surface area contributed by atoms with Crippen LogP contribution in [0.15, 0.2) is 58.7 Å². The Labute approximate surface area is 190 Å². The van der Waals surface area contributed by atoms with Crippen molar-refractivity contribution in [1.29, 1.82) is 0 Å². The second kappa shape index (κ2) is 8.75. The summed E-state index contributed by atoms with van der Waals surface area (Å²) in [7, 11) is 0. The smallest absolute Gasteiger partial charge is 0.228 e. The zero-order valence-corrected chi connectivity index (χ0v) is 18.9. The lowest BCUT2D eigenvalue weighted by Gasteiger charge is -2.06. The summed E-state index contributed by atoms with van der Waals surface area (Å²) in [5.74, 6) is 0.602. The highest BCUT2D eigenvalue weighted by Gasteiger charge is 2.22. The third-order valence-electron chi connectivity index (χ3n) is 4.51. The third-order valence-corrected chi connectivity index (χ3v) is 6.19. The number of thioether (sulfide) groups is 1. The molecular formula is C21H16BrClN4O2S. The molecular weight excluding hydrogens is 488 g/mol. The van der Waals surface area contributed by atoms with E-state index in [-0.39, 0.29) is 23.9 Å². The van der Waals surface area contributed by atoms with Crippen molar-refractivity contribution in [2.75, 3.05) is 11.1 Å². The first-order valence-corrected chi connectivity index (χ1v) is 11.2. The van der Waals surface area contributed by atoms with Crippen LogP contribution in [0.2, 0.25) is 5.02 Å². The fourth-order valence-corrected chi connectivity index (χ4v) is 4.37. The minimum Gasteiger partial charge on any atom is -0.325 e. The summed E-state index contributed by atoms with van der Waals surface area (Å²) in [6.45, 7) is 4.28. The summed E-state index contributed by atoms with van der Waals surface area (Å²) < 4.78 is 2.73. The minimum atomic E-state index is -0.141. The lowest BCUT2D eigenvalue weighted by molar-refractivity contribution is -0.115. The molecule has 0 bridgehead atoms. The summed E-state index contributed by atoms with van der Waals surface area (Å²) in [6, 6.07) is 11.1. The summed E-state index contributed by atoms with van der Waals surface area (Å²) in [6.07, 6.45) is 2.00. The molecule has 0 spiro atoms. The summed E-state index contributed by atoms with van der Waals surface area (Å²) in [4.78, 5) is 28.9. The Balaban J connectivity index is 1.53. The Hall–Kier alpha value is -2.42. The molecule has 3 aromatic rings. The van der Waals surface area contributed by atoms with Gasteiger partial charge in [-0.2, -0.15) is 0 Å². The van der Waals surface area contributed by atoms with E-state index < -0.39 is 0 Å². The maximum atomic E-state index is 12.8. The number of carbonyl (C=O) groups is 2. The van der Waals surface area contributed by atoms with Crippen LogP contribution < -0.4 is 5.32 Å². The number of rotatable bonds is 7. The molecule has 2 aromatic carbocycles. The van der Waals surface area contributed by atoms with Gasteiger partial charge in [0, 0.05) is 21.3 Å². The number of benzene rings is 2. The molecule has 0 radical (unpaired) electrons. The van der Waals surface area contributed by atoms with Gasteiger partial charge in [-0.05, 0) is 29.8 Å². The van der Waals surface area contributed by atoms with Gasteiger partial charge in [0.2, 0.25) is 11.1 Å². The predicted octanol–water partition coefficient (Wildman–Crippen LogP) is 5.02. The summed E-state index contributed by atoms with van der Waals surface area (Å²) in [5.41, 5.74) is 2.77. The van der Waals surface area contributed by atoms with Crippen LogP contribution in [0.4, 0.5) is 5.69 Å². The molecule has 0 aliphatic carbocycles. The van der Waals surface area contributed by atoms with Crippen molar-refractivity contribution in [2.24, 2.45) is 0 Å². The zero-order valence-electron chi connectivity index (χ0n) is 15.7. The average Bonchev–Trinajstić information content (AvgIpc) is 3.28. The van der Waals surface area contributed by atoms with Gasteiger partial charge in [-0.25, -0.2) is 9.67 Å². The molecule has 0 unspecified atom stereocenters. The van der Waals surface area contributed by atoms with Crippen molar-refractivity contribution in [3.05, 3.63) is 69.7 Å². The summed E-state index contributed by atoms with van der Waals surface area (Å²) in [5, 5.41) is 8.05. The van der Waals surface area contributed by atoms with Gasteiger partial charge in [0.15, 0.2) is 11.6 Å². The molecule has 2 heterocycles. The lowest BCUT2D eigenvalue weighted by Crippen LogP contribution is -2.05. The number of nitrogens with zero attached hydrogens (tertiary/aromatic N) is 3. The van der Waals surface area contributed by atoms with E-state index in [9.17, 15) is 9.59 Å². The monoisotopic (exact) mass is 502 g/mol. The van der Waals surface area contributed by atoms with Crippen molar-refractivity contribution in [2.45, 2.75) is 18.1 Å². The highest BCUT2D eigenvalue weighted by atomic mass is 79.9. The van der Waals surface area contributed by atoms with Crippen LogP contribution >= 0.6 is 39.3 Å². The Morgan fingerprint density at radius 3 is 2.83 bits per heavy atom. The van der Waals surface area contributed by atoms with E-state index >= 15 is 0 Å². The number of halogens is 2. The second-order valence-electron chi connectivity index (χ2n) is 6.62. The highest BCUT2D eigenvalue weighted by molar-refractivity contribution is 9.10. The van der Waals surface area contributed by atoms with E-state index in [0.29, 0.717) is 33.8 Å². The number of allylic oxidation sites excluding steroid dienone is 1. The Bertz CT molecular complexity index is 1160. The molecule has 9 heteroatoms. The SMILES string of the molecule is C=CCn1nc(SCC(=O)c2cc3c(cc2Cl)NC(=O)C3)nc1-c1ccc(Br)cc1. The van der Waals surface area contributed by atoms with Crippen LogP contribution in [0, 0.1) is 0 Å². The van der Waals surface area contributed by atoms with Gasteiger partial charge in [-0.1, -0.05) is 57.5 Å². The standard InChI is InChI=1S/C21H16BrClN4O2S/c1-2-7-27-20(12-3-5-14(22)6-4-12)25-21(26-27)30-11-18(28)15-8-13-9-19(29)24-17(13)10-16(15)23/h2-6,8,10H,1,7,9,11H2,(H,24,29). The lowest BCUT2D eigenvalue weighted by atomic mass is 10.1. The van der Waals surface area contributed by atoms with Crippen LogP contribution in [0.1, 0.15) is 15.9 Å². The molecule has 6 nitrogen and oxygen atoms in total. The fourth-order valence-electron chi connectivity index (χ4n) is 3.11. The molecule has 4 rings (SSSR count). The number of aromatic nitrogens is 3. The van der Waals surface area contributed by atoms with Crippen molar-refractivity contribution >= 4 is 56.7 Å². The van der Waals surface area contributed by atoms with Crippen molar-refractivity contribution < 1.29 is 9.59 Å². The maximum Gasteiger partial charge on any atom is 0.228 e. The second-order valence-corrected chi connectivity index (χ2v) is 8.89. The number of ketones is 1. The third kappa shape index (κ3) is 4.35. The van der Waals surface area contributed by atoms with Gasteiger partial charge >= 0.3 is 0 Å². The summed E-state index contributed by atoms with van der Waals surface area (Å²) >= 11 is 10.9. The highest BCUT2D eigenvalue weighted by Crippen LogP contribution is 2.31. The van der Waals surface area contributed by atoms with Crippen LogP contribution in [0.5, 0.6) is 0 Å². The van der Waals surface area contributed by atoms with Crippen LogP contribution in [-0.2, 0) is 17.8 Å². The zero-order chi connectivity index (χ0) is 21.3. The average molecular weight is 504 g/mol. The van der Waals surface area contributed by atoms with Crippen LogP contribution in [-0.4, -0.2) is 32.2 Å². The molecule has 0 atom stereocenters. The van der Waals surface area contributed by atoms with E-state index in [0.717, 1.165) is 15.6 Å². The van der Waals surface area contributed by atoms with E-state index in [1.54, 1.807) is 22.9 Å². The van der Waals surface area contributed by atoms with Crippen molar-refractivity contribution in [1.82, 2.24) is 14.8 Å². The molecule has 152 valence electrons. The molecule has 1 aromatic heterocycles.